The number of rotatable bonds is 4. The molecule has 0 N–H and O–H groups in total. The van der Waals surface area contributed by atoms with E-state index in [1.54, 1.807) is 11.2 Å². The van der Waals surface area contributed by atoms with Crippen LogP contribution in [0.3, 0.4) is 0 Å². The maximum atomic E-state index is 12.3. The molecule has 1 heterocycles. The van der Waals surface area contributed by atoms with Gasteiger partial charge in [0.1, 0.15) is 0 Å². The molecule has 0 atom stereocenters. The van der Waals surface area contributed by atoms with E-state index in [0.29, 0.717) is 12.2 Å². The third kappa shape index (κ3) is 2.11. The fraction of sp³-hybridized carbons (Fsp3) is 0.667. The van der Waals surface area contributed by atoms with Crippen LogP contribution in [-0.4, -0.2) is 30.3 Å². The van der Waals surface area contributed by atoms with E-state index in [2.05, 4.69) is 4.98 Å². The quantitative estimate of drug-likeness (QED) is 0.850. The standard InChI is InChI=1S/C9H13ClN2O2S2/c1-3-12(7-4-5-7)16(13,14)8-6(2)11-9(10)15-8/h7H,3-5H2,1-2H3. The molecule has 0 bridgehead atoms. The molecule has 0 aliphatic heterocycles. The van der Waals surface area contributed by atoms with Crippen molar-refractivity contribution < 1.29 is 8.42 Å². The van der Waals surface area contributed by atoms with Crippen molar-refractivity contribution in [2.24, 2.45) is 0 Å². The van der Waals surface area contributed by atoms with Crippen molar-refractivity contribution in [1.82, 2.24) is 9.29 Å². The van der Waals surface area contributed by atoms with Crippen molar-refractivity contribution >= 4 is 33.0 Å². The summed E-state index contributed by atoms with van der Waals surface area (Å²) < 4.78 is 26.7. The summed E-state index contributed by atoms with van der Waals surface area (Å²) in [5.41, 5.74) is 0.495. The maximum absolute atomic E-state index is 12.3. The van der Waals surface area contributed by atoms with Crippen molar-refractivity contribution in [3.8, 4) is 0 Å². The molecule has 0 unspecified atom stereocenters. The van der Waals surface area contributed by atoms with E-state index in [0.717, 1.165) is 24.2 Å². The average molecular weight is 281 g/mol. The van der Waals surface area contributed by atoms with Gasteiger partial charge < -0.3 is 0 Å². The van der Waals surface area contributed by atoms with Gasteiger partial charge in [-0.2, -0.15) is 4.31 Å². The molecule has 1 aromatic heterocycles. The molecule has 1 saturated carbocycles. The smallest absolute Gasteiger partial charge is 0.229 e. The lowest BCUT2D eigenvalue weighted by Gasteiger charge is -2.18. The van der Waals surface area contributed by atoms with Crippen LogP contribution in [0.2, 0.25) is 4.47 Å². The SMILES string of the molecule is CCN(C1CC1)S(=O)(=O)c1sc(Cl)nc1C. The number of hydrogen-bond acceptors (Lipinski definition) is 4. The van der Waals surface area contributed by atoms with Gasteiger partial charge in [0.15, 0.2) is 8.68 Å². The van der Waals surface area contributed by atoms with E-state index < -0.39 is 10.0 Å². The second kappa shape index (κ2) is 4.25. The van der Waals surface area contributed by atoms with Crippen LogP contribution in [0.4, 0.5) is 0 Å². The van der Waals surface area contributed by atoms with Crippen molar-refractivity contribution in [3.63, 3.8) is 0 Å². The largest absolute Gasteiger partial charge is 0.254 e. The Hall–Kier alpha value is -0.170. The Balaban J connectivity index is 2.40. The zero-order valence-electron chi connectivity index (χ0n) is 9.10. The molecule has 4 nitrogen and oxygen atoms in total. The lowest BCUT2D eigenvalue weighted by molar-refractivity contribution is 0.422. The van der Waals surface area contributed by atoms with E-state index in [1.807, 2.05) is 6.92 Å². The Bertz CT molecular complexity index is 494. The fourth-order valence-corrected chi connectivity index (χ4v) is 5.23. The lowest BCUT2D eigenvalue weighted by Crippen LogP contribution is -2.32. The first kappa shape index (κ1) is 12.3. The Kier molecular flexibility index (Phi) is 3.27. The molecule has 7 heteroatoms. The Labute approximate surface area is 104 Å². The molecule has 0 amide bonds. The predicted octanol–water partition coefficient (Wildman–Crippen LogP) is 2.28. The molecule has 16 heavy (non-hydrogen) atoms. The van der Waals surface area contributed by atoms with E-state index >= 15 is 0 Å². The Morgan fingerprint density at radius 1 is 1.56 bits per heavy atom. The highest BCUT2D eigenvalue weighted by Gasteiger charge is 2.38. The molecule has 1 aliphatic carbocycles. The minimum atomic E-state index is -3.39. The molecule has 1 fully saturated rings. The number of halogens is 1. The maximum Gasteiger partial charge on any atom is 0.254 e. The van der Waals surface area contributed by atoms with Crippen LogP contribution in [0.15, 0.2) is 4.21 Å². The van der Waals surface area contributed by atoms with E-state index in [-0.39, 0.29) is 14.7 Å². The van der Waals surface area contributed by atoms with Crippen LogP contribution < -0.4 is 0 Å². The highest BCUT2D eigenvalue weighted by atomic mass is 35.5. The second-order valence-corrected chi connectivity index (χ2v) is 7.45. The number of nitrogens with zero attached hydrogens (tertiary/aromatic N) is 2. The number of hydrogen-bond donors (Lipinski definition) is 0. The molecule has 1 aromatic rings. The summed E-state index contributed by atoms with van der Waals surface area (Å²) in [4.78, 5) is 3.95. The number of aryl methyl sites for hydroxylation is 1. The third-order valence-electron chi connectivity index (χ3n) is 2.54. The normalized spacial score (nSPS) is 17.0. The van der Waals surface area contributed by atoms with Crippen molar-refractivity contribution in [3.05, 3.63) is 10.2 Å². The summed E-state index contributed by atoms with van der Waals surface area (Å²) in [5, 5.41) is 0. The zero-order chi connectivity index (χ0) is 11.9. The topological polar surface area (TPSA) is 50.3 Å². The zero-order valence-corrected chi connectivity index (χ0v) is 11.5. The minimum absolute atomic E-state index is 0.176. The van der Waals surface area contributed by atoms with Crippen LogP contribution in [-0.2, 0) is 10.0 Å². The first-order chi connectivity index (χ1) is 7.46. The van der Waals surface area contributed by atoms with Crippen LogP contribution in [0.5, 0.6) is 0 Å². The van der Waals surface area contributed by atoms with Gasteiger partial charge >= 0.3 is 0 Å². The predicted molar refractivity (Wildman–Crippen MR) is 64.4 cm³/mol. The third-order valence-corrected chi connectivity index (χ3v) is 6.41. The van der Waals surface area contributed by atoms with E-state index in [9.17, 15) is 8.42 Å². The number of sulfonamides is 1. The van der Waals surface area contributed by atoms with Crippen molar-refractivity contribution in [2.45, 2.75) is 36.9 Å². The van der Waals surface area contributed by atoms with Gasteiger partial charge in [0.25, 0.3) is 10.0 Å². The second-order valence-electron chi connectivity index (χ2n) is 3.78. The van der Waals surface area contributed by atoms with Crippen molar-refractivity contribution in [2.75, 3.05) is 6.54 Å². The summed E-state index contributed by atoms with van der Waals surface area (Å²) in [6, 6.07) is 0.176. The molecule has 0 aromatic carbocycles. The van der Waals surface area contributed by atoms with Gasteiger partial charge in [0.2, 0.25) is 0 Å². The average Bonchev–Trinajstić information content (AvgIpc) is 2.93. The van der Waals surface area contributed by atoms with Gasteiger partial charge in [-0.3, -0.25) is 0 Å². The van der Waals surface area contributed by atoms with E-state index in [1.165, 1.54) is 0 Å². The Morgan fingerprint density at radius 2 is 2.19 bits per heavy atom. The van der Waals surface area contributed by atoms with E-state index in [4.69, 9.17) is 11.6 Å². The first-order valence-corrected chi connectivity index (χ1v) is 7.75. The lowest BCUT2D eigenvalue weighted by atomic mass is 10.6. The van der Waals surface area contributed by atoms with Gasteiger partial charge in [0.05, 0.1) is 5.69 Å². The highest BCUT2D eigenvalue weighted by Crippen LogP contribution is 2.35. The molecule has 90 valence electrons. The molecule has 0 saturated heterocycles. The summed E-state index contributed by atoms with van der Waals surface area (Å²) >= 11 is 6.77. The fourth-order valence-electron chi connectivity index (χ4n) is 1.68. The van der Waals surface area contributed by atoms with Gasteiger partial charge in [-0.25, -0.2) is 13.4 Å². The van der Waals surface area contributed by atoms with Crippen LogP contribution in [0, 0.1) is 6.92 Å². The van der Waals surface area contributed by atoms with Crippen LogP contribution in [0.25, 0.3) is 0 Å². The monoisotopic (exact) mass is 280 g/mol. The first-order valence-electron chi connectivity index (χ1n) is 5.11. The summed E-state index contributed by atoms with van der Waals surface area (Å²) in [6.45, 7) is 4.03. The summed E-state index contributed by atoms with van der Waals surface area (Å²) in [7, 11) is -3.39. The van der Waals surface area contributed by atoms with Gasteiger partial charge in [-0.05, 0) is 19.8 Å². The molecule has 0 spiro atoms. The van der Waals surface area contributed by atoms with Gasteiger partial charge in [-0.15, -0.1) is 0 Å². The van der Waals surface area contributed by atoms with Gasteiger partial charge in [-0.1, -0.05) is 29.9 Å². The molecule has 1 aliphatic rings. The van der Waals surface area contributed by atoms with Crippen LogP contribution >= 0.6 is 22.9 Å². The summed E-state index contributed by atoms with van der Waals surface area (Å²) in [5.74, 6) is 0. The molecule has 2 rings (SSSR count). The minimum Gasteiger partial charge on any atom is -0.229 e. The van der Waals surface area contributed by atoms with Crippen LogP contribution in [0.1, 0.15) is 25.5 Å². The molecular formula is C9H13ClN2O2S2. The molecule has 0 radical (unpaired) electrons. The van der Waals surface area contributed by atoms with Crippen molar-refractivity contribution in [1.29, 1.82) is 0 Å². The number of thiazole rings is 1. The van der Waals surface area contributed by atoms with Gasteiger partial charge in [0, 0.05) is 12.6 Å². The number of aromatic nitrogens is 1. The highest BCUT2D eigenvalue weighted by molar-refractivity contribution is 7.91. The Morgan fingerprint density at radius 3 is 2.56 bits per heavy atom. The summed E-state index contributed by atoms with van der Waals surface area (Å²) in [6.07, 6.45) is 1.91. The molecular weight excluding hydrogens is 268 g/mol.